The Kier molecular flexibility index (Phi) is 6.80. The zero-order valence-electron chi connectivity index (χ0n) is 16.4. The van der Waals surface area contributed by atoms with Gasteiger partial charge in [-0.05, 0) is 54.4 Å². The summed E-state index contributed by atoms with van der Waals surface area (Å²) in [7, 11) is -3.90. The predicted octanol–water partition coefficient (Wildman–Crippen LogP) is 4.54. The lowest BCUT2D eigenvalue weighted by atomic mass is 10.1. The summed E-state index contributed by atoms with van der Waals surface area (Å²) in [6.07, 6.45) is 0.445. The molecule has 0 saturated heterocycles. The molecule has 0 aliphatic rings. The number of rotatable bonds is 6. The number of nitrogens with two attached hydrogens (primary N) is 1. The summed E-state index contributed by atoms with van der Waals surface area (Å²) >= 11 is 0. The van der Waals surface area contributed by atoms with E-state index < -0.39 is 15.8 Å². The standard InChI is InChI=1S/C23H19N3O4S/c24-21-11-6-8-17(7-4-5-12-22(27)28)23(21)31(29,30)20-15-13-19(14-16-20)26-25-18-9-2-1-3-10-18/h1-3,6,8-11,13-16H,4,7,24H2,(H,27,28). The molecule has 3 aromatic rings. The minimum Gasteiger partial charge on any atom is -0.472 e. The quantitative estimate of drug-likeness (QED) is 0.336. The number of sulfone groups is 1. The van der Waals surface area contributed by atoms with Gasteiger partial charge in [-0.15, -0.1) is 0 Å². The van der Waals surface area contributed by atoms with Gasteiger partial charge in [0.05, 0.1) is 26.9 Å². The Balaban J connectivity index is 1.87. The fourth-order valence-corrected chi connectivity index (χ4v) is 4.51. The van der Waals surface area contributed by atoms with Crippen molar-refractivity contribution in [2.24, 2.45) is 10.2 Å². The van der Waals surface area contributed by atoms with Crippen molar-refractivity contribution in [3.05, 3.63) is 78.4 Å². The van der Waals surface area contributed by atoms with Gasteiger partial charge in [0, 0.05) is 12.3 Å². The van der Waals surface area contributed by atoms with Gasteiger partial charge in [-0.2, -0.15) is 10.2 Å². The van der Waals surface area contributed by atoms with E-state index in [1.54, 1.807) is 24.3 Å². The molecule has 3 rings (SSSR count). The Bertz CT molecular complexity index is 1270. The molecule has 0 atom stereocenters. The highest BCUT2D eigenvalue weighted by molar-refractivity contribution is 7.91. The van der Waals surface area contributed by atoms with Crippen LogP contribution in [0.15, 0.2) is 92.8 Å². The number of hydrogen-bond donors (Lipinski definition) is 2. The summed E-state index contributed by atoms with van der Waals surface area (Å²) in [6.45, 7) is 0. The van der Waals surface area contributed by atoms with E-state index in [0.717, 1.165) is 0 Å². The average Bonchev–Trinajstić information content (AvgIpc) is 2.76. The van der Waals surface area contributed by atoms with E-state index >= 15 is 0 Å². The monoisotopic (exact) mass is 433 g/mol. The predicted molar refractivity (Wildman–Crippen MR) is 117 cm³/mol. The van der Waals surface area contributed by atoms with Crippen LogP contribution in [0.2, 0.25) is 0 Å². The lowest BCUT2D eigenvalue weighted by Crippen LogP contribution is -2.09. The molecule has 3 aromatic carbocycles. The maximum Gasteiger partial charge on any atom is 0.381 e. The van der Waals surface area contributed by atoms with Crippen LogP contribution >= 0.6 is 0 Å². The third-order valence-electron chi connectivity index (χ3n) is 4.29. The summed E-state index contributed by atoms with van der Waals surface area (Å²) in [4.78, 5) is 10.6. The summed E-state index contributed by atoms with van der Waals surface area (Å²) < 4.78 is 26.5. The maximum atomic E-state index is 13.2. The van der Waals surface area contributed by atoms with E-state index in [1.165, 1.54) is 18.2 Å². The number of carbonyl (C=O) groups is 1. The molecule has 156 valence electrons. The van der Waals surface area contributed by atoms with Crippen LogP contribution in [0, 0.1) is 11.8 Å². The van der Waals surface area contributed by atoms with E-state index in [4.69, 9.17) is 10.8 Å². The zero-order chi connectivity index (χ0) is 22.3. The van der Waals surface area contributed by atoms with Crippen LogP contribution in [0.25, 0.3) is 0 Å². The molecular weight excluding hydrogens is 414 g/mol. The SMILES string of the molecule is Nc1cccc(CCC#CC(=O)O)c1S(=O)(=O)c1ccc(N=Nc2ccccc2)cc1. The van der Waals surface area contributed by atoms with Gasteiger partial charge in [0.1, 0.15) is 0 Å². The molecule has 8 heteroatoms. The van der Waals surface area contributed by atoms with Gasteiger partial charge < -0.3 is 10.8 Å². The number of nitrogens with zero attached hydrogens (tertiary/aromatic N) is 2. The second-order valence-corrected chi connectivity index (χ2v) is 8.36. The molecule has 31 heavy (non-hydrogen) atoms. The number of hydrogen-bond acceptors (Lipinski definition) is 6. The number of nitrogen functional groups attached to an aromatic ring is 1. The van der Waals surface area contributed by atoms with Gasteiger partial charge in [-0.25, -0.2) is 13.2 Å². The molecule has 0 saturated carbocycles. The molecule has 0 aliphatic heterocycles. The molecular formula is C23H19N3O4S. The molecule has 0 spiro atoms. The second-order valence-electron chi connectivity index (χ2n) is 6.48. The molecule has 3 N–H and O–H groups in total. The molecule has 7 nitrogen and oxygen atoms in total. The highest BCUT2D eigenvalue weighted by Crippen LogP contribution is 2.31. The first-order chi connectivity index (χ1) is 14.9. The van der Waals surface area contributed by atoms with Crippen LogP contribution in [0.1, 0.15) is 12.0 Å². The highest BCUT2D eigenvalue weighted by Gasteiger charge is 2.23. The molecule has 0 heterocycles. The molecule has 0 bridgehead atoms. The number of carboxylic acids is 1. The molecule has 0 aliphatic carbocycles. The summed E-state index contributed by atoms with van der Waals surface area (Å²) in [5.74, 6) is 3.28. The molecule has 0 amide bonds. The summed E-state index contributed by atoms with van der Waals surface area (Å²) in [5.41, 5.74) is 7.79. The Labute approximate surface area is 180 Å². The Morgan fingerprint density at radius 1 is 0.903 bits per heavy atom. The minimum absolute atomic E-state index is 0.00536. The Morgan fingerprint density at radius 3 is 2.19 bits per heavy atom. The Morgan fingerprint density at radius 2 is 1.55 bits per heavy atom. The fourth-order valence-electron chi connectivity index (χ4n) is 2.88. The number of benzene rings is 3. The minimum atomic E-state index is -3.90. The van der Waals surface area contributed by atoms with E-state index in [1.807, 2.05) is 36.3 Å². The number of aliphatic carboxylic acids is 1. The van der Waals surface area contributed by atoms with Crippen molar-refractivity contribution in [2.45, 2.75) is 22.6 Å². The molecule has 0 fully saturated rings. The first-order valence-electron chi connectivity index (χ1n) is 9.29. The van der Waals surface area contributed by atoms with Crippen LogP contribution in [-0.2, 0) is 21.1 Å². The van der Waals surface area contributed by atoms with Crippen LogP contribution in [0.4, 0.5) is 17.1 Å². The maximum absolute atomic E-state index is 13.2. The number of carboxylic acid groups (broad SMARTS) is 1. The largest absolute Gasteiger partial charge is 0.472 e. The average molecular weight is 433 g/mol. The van der Waals surface area contributed by atoms with Crippen LogP contribution in [0.3, 0.4) is 0 Å². The number of anilines is 1. The van der Waals surface area contributed by atoms with Crippen LogP contribution in [-0.4, -0.2) is 19.5 Å². The van der Waals surface area contributed by atoms with Gasteiger partial charge in [0.15, 0.2) is 0 Å². The Hall–Kier alpha value is -3.96. The first kappa shape index (κ1) is 21.7. The highest BCUT2D eigenvalue weighted by atomic mass is 32.2. The lowest BCUT2D eigenvalue weighted by molar-refractivity contribution is -0.130. The van der Waals surface area contributed by atoms with Gasteiger partial charge in [0.25, 0.3) is 0 Å². The number of azo groups is 1. The zero-order valence-corrected chi connectivity index (χ0v) is 17.2. The number of aryl methyl sites for hydroxylation is 1. The normalized spacial score (nSPS) is 11.1. The van der Waals surface area contributed by atoms with Gasteiger partial charge >= 0.3 is 5.97 Å². The van der Waals surface area contributed by atoms with E-state index in [2.05, 4.69) is 16.1 Å². The van der Waals surface area contributed by atoms with Crippen LogP contribution in [0.5, 0.6) is 0 Å². The first-order valence-corrected chi connectivity index (χ1v) is 10.8. The third kappa shape index (κ3) is 5.56. The van der Waals surface area contributed by atoms with E-state index in [0.29, 0.717) is 16.9 Å². The third-order valence-corrected chi connectivity index (χ3v) is 6.22. The van der Waals surface area contributed by atoms with Crippen molar-refractivity contribution in [1.29, 1.82) is 0 Å². The van der Waals surface area contributed by atoms with Gasteiger partial charge in [-0.3, -0.25) is 0 Å². The second kappa shape index (κ2) is 9.69. The van der Waals surface area contributed by atoms with Crippen molar-refractivity contribution < 1.29 is 18.3 Å². The lowest BCUT2D eigenvalue weighted by Gasteiger charge is -2.12. The summed E-state index contributed by atoms with van der Waals surface area (Å²) in [5, 5.41) is 16.8. The smallest absolute Gasteiger partial charge is 0.381 e. The van der Waals surface area contributed by atoms with E-state index in [-0.39, 0.29) is 28.3 Å². The van der Waals surface area contributed by atoms with Crippen molar-refractivity contribution in [2.75, 3.05) is 5.73 Å². The summed E-state index contributed by atoms with van der Waals surface area (Å²) in [6, 6.07) is 20.0. The molecule has 0 aromatic heterocycles. The molecule has 0 radical (unpaired) electrons. The van der Waals surface area contributed by atoms with Crippen molar-refractivity contribution in [3.8, 4) is 11.8 Å². The van der Waals surface area contributed by atoms with Crippen molar-refractivity contribution >= 4 is 32.9 Å². The molecule has 0 unspecified atom stereocenters. The van der Waals surface area contributed by atoms with Crippen molar-refractivity contribution in [3.63, 3.8) is 0 Å². The van der Waals surface area contributed by atoms with E-state index in [9.17, 15) is 13.2 Å². The van der Waals surface area contributed by atoms with Crippen LogP contribution < -0.4 is 5.73 Å². The fraction of sp³-hybridized carbons (Fsp3) is 0.0870. The van der Waals surface area contributed by atoms with Gasteiger partial charge in [0.2, 0.25) is 9.84 Å². The van der Waals surface area contributed by atoms with Gasteiger partial charge in [-0.1, -0.05) is 36.3 Å². The topological polar surface area (TPSA) is 122 Å². The van der Waals surface area contributed by atoms with Crippen molar-refractivity contribution in [1.82, 2.24) is 0 Å².